The molecule has 1 aromatic rings. The van der Waals surface area contributed by atoms with Crippen LogP contribution in [0.3, 0.4) is 0 Å². The fourth-order valence-corrected chi connectivity index (χ4v) is 3.78. The fraction of sp³-hybridized carbons (Fsp3) is 0.700. The zero-order valence-corrected chi connectivity index (χ0v) is 13.0. The molecule has 1 aromatic heterocycles. The number of nitrogens with two attached hydrogens (primary N) is 1. The third-order valence-electron chi connectivity index (χ3n) is 2.18. The Morgan fingerprint density at radius 1 is 1.50 bits per heavy atom. The molecule has 0 saturated carbocycles. The number of hydrogen-bond acceptors (Lipinski definition) is 7. The van der Waals surface area contributed by atoms with Crippen molar-refractivity contribution in [3.05, 3.63) is 0 Å². The topological polar surface area (TPSA) is 80.9 Å². The van der Waals surface area contributed by atoms with Crippen molar-refractivity contribution in [2.24, 2.45) is 5.73 Å². The fourth-order valence-electron chi connectivity index (χ4n) is 1.27. The van der Waals surface area contributed by atoms with Crippen molar-refractivity contribution >= 4 is 40.8 Å². The number of aromatic nitrogens is 2. The zero-order chi connectivity index (χ0) is 13.4. The van der Waals surface area contributed by atoms with Gasteiger partial charge in [-0.2, -0.15) is 0 Å². The van der Waals surface area contributed by atoms with Crippen molar-refractivity contribution in [2.45, 2.75) is 34.5 Å². The molecule has 1 unspecified atom stereocenters. The summed E-state index contributed by atoms with van der Waals surface area (Å²) in [6, 6.07) is -0.245. The summed E-state index contributed by atoms with van der Waals surface area (Å²) in [6.07, 6.45) is 3.69. The number of carbonyl (C=O) groups is 1. The van der Waals surface area contributed by atoms with Gasteiger partial charge in [-0.15, -0.1) is 10.2 Å². The third-order valence-corrected chi connectivity index (χ3v) is 5.24. The molecule has 1 atom stereocenters. The molecule has 0 aliphatic carbocycles. The highest BCUT2D eigenvalue weighted by atomic mass is 32.2. The van der Waals surface area contributed by atoms with E-state index in [4.69, 9.17) is 5.73 Å². The number of rotatable bonds is 9. The first-order chi connectivity index (χ1) is 8.67. The summed E-state index contributed by atoms with van der Waals surface area (Å²) >= 11 is 4.79. The average Bonchev–Trinajstić information content (AvgIpc) is 2.81. The molecule has 1 rings (SSSR count). The molecule has 0 aliphatic rings. The zero-order valence-electron chi connectivity index (χ0n) is 10.5. The van der Waals surface area contributed by atoms with E-state index >= 15 is 0 Å². The molecule has 0 spiro atoms. The second-order valence-corrected chi connectivity index (χ2v) is 6.96. The van der Waals surface area contributed by atoms with Crippen LogP contribution in [0.1, 0.15) is 19.8 Å². The van der Waals surface area contributed by atoms with Crippen LogP contribution in [0, 0.1) is 0 Å². The Kier molecular flexibility index (Phi) is 7.64. The van der Waals surface area contributed by atoms with Gasteiger partial charge in [-0.05, 0) is 25.6 Å². The Labute approximate surface area is 120 Å². The van der Waals surface area contributed by atoms with Crippen molar-refractivity contribution in [1.82, 2.24) is 15.5 Å². The summed E-state index contributed by atoms with van der Waals surface area (Å²) in [7, 11) is 0. The van der Waals surface area contributed by atoms with Gasteiger partial charge in [-0.25, -0.2) is 0 Å². The lowest BCUT2D eigenvalue weighted by molar-refractivity contribution is -0.120. The molecule has 0 saturated heterocycles. The maximum Gasteiger partial charge on any atom is 0.234 e. The summed E-state index contributed by atoms with van der Waals surface area (Å²) < 4.78 is 1.91. The Bertz CT molecular complexity index is 372. The first kappa shape index (κ1) is 15.7. The van der Waals surface area contributed by atoms with Crippen molar-refractivity contribution < 1.29 is 4.79 Å². The molecule has 0 radical (unpaired) electrons. The molecular formula is C10H18N4OS3. The monoisotopic (exact) mass is 306 g/mol. The highest BCUT2D eigenvalue weighted by molar-refractivity contribution is 8.02. The summed E-state index contributed by atoms with van der Waals surface area (Å²) in [4.78, 5) is 11.2. The lowest BCUT2D eigenvalue weighted by atomic mass is 10.2. The molecule has 0 aromatic carbocycles. The maximum atomic E-state index is 11.2. The van der Waals surface area contributed by atoms with Crippen LogP contribution in [-0.4, -0.2) is 40.7 Å². The van der Waals surface area contributed by atoms with Gasteiger partial charge in [0.05, 0.1) is 6.04 Å². The van der Waals surface area contributed by atoms with Gasteiger partial charge in [0.1, 0.15) is 0 Å². The van der Waals surface area contributed by atoms with Gasteiger partial charge < -0.3 is 11.1 Å². The largest absolute Gasteiger partial charge is 0.368 e. The predicted octanol–water partition coefficient (Wildman–Crippen LogP) is 1.60. The van der Waals surface area contributed by atoms with E-state index in [-0.39, 0.29) is 11.9 Å². The van der Waals surface area contributed by atoms with Gasteiger partial charge in [0, 0.05) is 5.75 Å². The Morgan fingerprint density at radius 2 is 2.22 bits per heavy atom. The normalized spacial score (nSPS) is 12.6. The standard InChI is InChI=1S/C10H18N4OS3/c1-3-5-12-7(8(11)15)4-6-17-10-14-13-9(16-2)18-10/h7,12H,3-6H2,1-2H3,(H2,11,15). The van der Waals surface area contributed by atoms with E-state index in [1.807, 2.05) is 6.26 Å². The van der Waals surface area contributed by atoms with Crippen LogP contribution in [0.2, 0.25) is 0 Å². The van der Waals surface area contributed by atoms with Crippen molar-refractivity contribution in [3.8, 4) is 0 Å². The highest BCUT2D eigenvalue weighted by Gasteiger charge is 2.14. The smallest absolute Gasteiger partial charge is 0.234 e. The maximum absolute atomic E-state index is 11.2. The summed E-state index contributed by atoms with van der Waals surface area (Å²) in [5.74, 6) is 0.527. The molecule has 3 N–H and O–H groups in total. The van der Waals surface area contributed by atoms with Gasteiger partial charge in [0.2, 0.25) is 5.91 Å². The van der Waals surface area contributed by atoms with E-state index in [0.29, 0.717) is 6.42 Å². The van der Waals surface area contributed by atoms with Crippen LogP contribution in [0.5, 0.6) is 0 Å². The van der Waals surface area contributed by atoms with Crippen molar-refractivity contribution in [2.75, 3.05) is 18.6 Å². The minimum absolute atomic E-state index is 0.245. The van der Waals surface area contributed by atoms with E-state index in [1.54, 1.807) is 34.9 Å². The van der Waals surface area contributed by atoms with Crippen LogP contribution >= 0.6 is 34.9 Å². The third kappa shape index (κ3) is 5.55. The quantitative estimate of drug-likeness (QED) is 0.674. The molecule has 8 heteroatoms. The SMILES string of the molecule is CCCNC(CCSc1nnc(SC)s1)C(N)=O. The first-order valence-corrected chi connectivity index (χ1v) is 8.73. The number of nitrogens with one attached hydrogen (secondary N) is 1. The second-order valence-electron chi connectivity index (χ2n) is 3.58. The van der Waals surface area contributed by atoms with Crippen molar-refractivity contribution in [3.63, 3.8) is 0 Å². The van der Waals surface area contributed by atoms with E-state index < -0.39 is 0 Å². The number of carbonyl (C=O) groups excluding carboxylic acids is 1. The second kappa shape index (κ2) is 8.73. The first-order valence-electron chi connectivity index (χ1n) is 5.70. The highest BCUT2D eigenvalue weighted by Crippen LogP contribution is 2.27. The lowest BCUT2D eigenvalue weighted by Crippen LogP contribution is -2.41. The van der Waals surface area contributed by atoms with E-state index in [0.717, 1.165) is 27.4 Å². The van der Waals surface area contributed by atoms with Gasteiger partial charge in [-0.1, -0.05) is 41.8 Å². The Hall–Kier alpha value is -0.310. The molecule has 0 aliphatic heterocycles. The minimum atomic E-state index is -0.286. The lowest BCUT2D eigenvalue weighted by Gasteiger charge is -2.13. The van der Waals surface area contributed by atoms with Gasteiger partial charge in [0.25, 0.3) is 0 Å². The van der Waals surface area contributed by atoms with Crippen LogP contribution in [0.15, 0.2) is 8.68 Å². The van der Waals surface area contributed by atoms with Crippen LogP contribution < -0.4 is 11.1 Å². The Morgan fingerprint density at radius 3 is 2.78 bits per heavy atom. The number of thioether (sulfide) groups is 2. The number of amides is 1. The van der Waals surface area contributed by atoms with E-state index in [1.165, 1.54) is 0 Å². The molecule has 1 amide bonds. The average molecular weight is 306 g/mol. The van der Waals surface area contributed by atoms with Crippen LogP contribution in [0.4, 0.5) is 0 Å². The van der Waals surface area contributed by atoms with Gasteiger partial charge in [0.15, 0.2) is 8.68 Å². The van der Waals surface area contributed by atoms with Gasteiger partial charge >= 0.3 is 0 Å². The van der Waals surface area contributed by atoms with E-state index in [9.17, 15) is 4.79 Å². The number of nitrogens with zero attached hydrogens (tertiary/aromatic N) is 2. The molecule has 1 heterocycles. The molecule has 18 heavy (non-hydrogen) atoms. The molecule has 102 valence electrons. The summed E-state index contributed by atoms with van der Waals surface area (Å²) in [5.41, 5.74) is 5.34. The molecular weight excluding hydrogens is 288 g/mol. The van der Waals surface area contributed by atoms with Crippen molar-refractivity contribution in [1.29, 1.82) is 0 Å². The molecule has 0 bridgehead atoms. The van der Waals surface area contributed by atoms with Crippen LogP contribution in [0.25, 0.3) is 0 Å². The summed E-state index contributed by atoms with van der Waals surface area (Å²) in [5, 5.41) is 11.2. The summed E-state index contributed by atoms with van der Waals surface area (Å²) in [6.45, 7) is 2.87. The number of hydrogen-bond donors (Lipinski definition) is 2. The van der Waals surface area contributed by atoms with Gasteiger partial charge in [-0.3, -0.25) is 4.79 Å². The molecule has 0 fully saturated rings. The predicted molar refractivity (Wildman–Crippen MR) is 78.3 cm³/mol. The van der Waals surface area contributed by atoms with Crippen LogP contribution in [-0.2, 0) is 4.79 Å². The van der Waals surface area contributed by atoms with E-state index in [2.05, 4.69) is 22.4 Å². The Balaban J connectivity index is 2.31. The number of primary amides is 1. The molecule has 5 nitrogen and oxygen atoms in total. The minimum Gasteiger partial charge on any atom is -0.368 e.